The van der Waals surface area contributed by atoms with Gasteiger partial charge in [0.25, 0.3) is 5.91 Å². The van der Waals surface area contributed by atoms with E-state index in [1.807, 2.05) is 32.0 Å². The summed E-state index contributed by atoms with van der Waals surface area (Å²) in [7, 11) is -3.64. The van der Waals surface area contributed by atoms with Crippen molar-refractivity contribution >= 4 is 21.6 Å². The van der Waals surface area contributed by atoms with E-state index in [1.165, 1.54) is 0 Å². The lowest BCUT2D eigenvalue weighted by atomic mass is 9.91. The van der Waals surface area contributed by atoms with Gasteiger partial charge < -0.3 is 10.2 Å². The number of carbonyl (C=O) groups excluding carboxylic acids is 1. The number of amides is 1. The van der Waals surface area contributed by atoms with Gasteiger partial charge in [-0.15, -0.1) is 0 Å². The monoisotopic (exact) mass is 457 g/mol. The summed E-state index contributed by atoms with van der Waals surface area (Å²) in [6, 6.07) is 12.1. The van der Waals surface area contributed by atoms with Crippen LogP contribution in [0, 0.1) is 19.8 Å². The maximum atomic E-state index is 13.0. The largest absolute Gasteiger partial charge is 0.322 e. The van der Waals surface area contributed by atoms with Crippen molar-refractivity contribution in [3.05, 3.63) is 59.2 Å². The van der Waals surface area contributed by atoms with Crippen molar-refractivity contribution in [1.82, 2.24) is 9.62 Å². The molecule has 2 N–H and O–H groups in total. The zero-order chi connectivity index (χ0) is 23.3. The summed E-state index contributed by atoms with van der Waals surface area (Å²) in [5.41, 5.74) is 2.80. The van der Waals surface area contributed by atoms with Gasteiger partial charge in [-0.25, -0.2) is 13.1 Å². The van der Waals surface area contributed by atoms with Crippen LogP contribution in [0.5, 0.6) is 0 Å². The minimum atomic E-state index is -3.64. The molecule has 1 aliphatic heterocycles. The Morgan fingerprint density at radius 2 is 1.78 bits per heavy atom. The highest BCUT2D eigenvalue weighted by atomic mass is 32.2. The second-order valence-corrected chi connectivity index (χ2v) is 10.5. The molecule has 0 saturated carbocycles. The minimum absolute atomic E-state index is 0.121. The summed E-state index contributed by atoms with van der Waals surface area (Å²) in [6.07, 6.45) is 3.16. The molecule has 2 aromatic carbocycles. The van der Waals surface area contributed by atoms with Crippen molar-refractivity contribution in [2.24, 2.45) is 5.92 Å². The molecular weight excluding hydrogens is 422 g/mol. The quantitative estimate of drug-likeness (QED) is 0.618. The number of piperidine rings is 1. The van der Waals surface area contributed by atoms with Crippen LogP contribution in [0.3, 0.4) is 0 Å². The number of aryl methyl sites for hydroxylation is 2. The van der Waals surface area contributed by atoms with Gasteiger partial charge in [-0.1, -0.05) is 25.1 Å². The lowest BCUT2D eigenvalue weighted by molar-refractivity contribution is 0.102. The highest BCUT2D eigenvalue weighted by molar-refractivity contribution is 7.89. The average molecular weight is 458 g/mol. The lowest BCUT2D eigenvalue weighted by Crippen LogP contribution is -2.44. The van der Waals surface area contributed by atoms with Crippen molar-refractivity contribution in [2.75, 3.05) is 25.0 Å². The first-order valence-electron chi connectivity index (χ1n) is 11.4. The van der Waals surface area contributed by atoms with Gasteiger partial charge in [-0.05, 0) is 101 Å². The second-order valence-electron chi connectivity index (χ2n) is 8.83. The molecule has 0 aliphatic carbocycles. The molecule has 32 heavy (non-hydrogen) atoms. The Kier molecular flexibility index (Phi) is 8.09. The van der Waals surface area contributed by atoms with Gasteiger partial charge in [0.2, 0.25) is 10.0 Å². The van der Waals surface area contributed by atoms with Gasteiger partial charge in [-0.3, -0.25) is 4.79 Å². The summed E-state index contributed by atoms with van der Waals surface area (Å²) in [6.45, 7) is 11.0. The van der Waals surface area contributed by atoms with E-state index in [0.717, 1.165) is 44.5 Å². The Morgan fingerprint density at radius 1 is 1.09 bits per heavy atom. The normalized spacial score (nSPS) is 16.6. The zero-order valence-corrected chi connectivity index (χ0v) is 20.3. The van der Waals surface area contributed by atoms with Gasteiger partial charge >= 0.3 is 0 Å². The fraction of sp³-hybridized carbons (Fsp3) is 0.480. The Labute approximate surface area is 192 Å². The third kappa shape index (κ3) is 5.97. The Balaban J connectivity index is 1.65. The van der Waals surface area contributed by atoms with Gasteiger partial charge in [0, 0.05) is 17.3 Å². The van der Waals surface area contributed by atoms with E-state index < -0.39 is 10.0 Å². The Hall–Kier alpha value is -2.22. The summed E-state index contributed by atoms with van der Waals surface area (Å²) in [5.74, 6) is 0.134. The fourth-order valence-electron chi connectivity index (χ4n) is 4.36. The predicted octanol–water partition coefficient (Wildman–Crippen LogP) is 4.34. The van der Waals surface area contributed by atoms with E-state index in [2.05, 4.69) is 21.9 Å². The molecule has 0 aromatic heterocycles. The Bertz CT molecular complexity index is 1040. The zero-order valence-electron chi connectivity index (χ0n) is 19.5. The van der Waals surface area contributed by atoms with E-state index in [0.29, 0.717) is 22.7 Å². The van der Waals surface area contributed by atoms with Crippen LogP contribution in [0.2, 0.25) is 0 Å². The molecular formula is C25H35N3O3S. The van der Waals surface area contributed by atoms with Crippen LogP contribution in [-0.4, -0.2) is 44.9 Å². The average Bonchev–Trinajstić information content (AvgIpc) is 2.75. The van der Waals surface area contributed by atoms with Gasteiger partial charge in [0.1, 0.15) is 0 Å². The van der Waals surface area contributed by atoms with Crippen LogP contribution in [0.15, 0.2) is 47.4 Å². The summed E-state index contributed by atoms with van der Waals surface area (Å²) < 4.78 is 28.9. The third-order valence-corrected chi connectivity index (χ3v) is 7.92. The van der Waals surface area contributed by atoms with E-state index in [4.69, 9.17) is 0 Å². The molecule has 2 aromatic rings. The van der Waals surface area contributed by atoms with Crippen molar-refractivity contribution in [1.29, 1.82) is 0 Å². The van der Waals surface area contributed by atoms with Gasteiger partial charge in [0.15, 0.2) is 0 Å². The smallest absolute Gasteiger partial charge is 0.255 e. The van der Waals surface area contributed by atoms with Crippen LogP contribution in [-0.2, 0) is 10.0 Å². The minimum Gasteiger partial charge on any atom is -0.322 e. The number of hydrogen-bond acceptors (Lipinski definition) is 4. The number of rotatable bonds is 8. The van der Waals surface area contributed by atoms with Gasteiger partial charge in [0.05, 0.1) is 4.90 Å². The molecule has 0 spiro atoms. The molecule has 6 nitrogen and oxygen atoms in total. The molecule has 1 atom stereocenters. The molecule has 1 unspecified atom stereocenters. The standard InChI is InChI=1S/C25H35N3O3S/c1-5-14-28-15-12-21(13-16-28)20(4)27-32(30,31)22-10-11-24(19(3)17-22)26-25(29)23-9-7-6-8-18(23)2/h6-11,17,20-21,27H,5,12-16H2,1-4H3,(H,26,29). The van der Waals surface area contributed by atoms with Gasteiger partial charge in [-0.2, -0.15) is 0 Å². The number of likely N-dealkylation sites (tertiary alicyclic amines) is 1. The number of carbonyl (C=O) groups is 1. The highest BCUT2D eigenvalue weighted by Crippen LogP contribution is 2.24. The first-order chi connectivity index (χ1) is 15.2. The molecule has 1 aliphatic rings. The SMILES string of the molecule is CCCN1CCC(C(C)NS(=O)(=O)c2ccc(NC(=O)c3ccccc3C)c(C)c2)CC1. The molecule has 1 fully saturated rings. The maximum Gasteiger partial charge on any atom is 0.255 e. The van der Waals surface area contributed by atoms with Crippen LogP contribution in [0.25, 0.3) is 0 Å². The van der Waals surface area contributed by atoms with E-state index in [9.17, 15) is 13.2 Å². The number of sulfonamides is 1. The summed E-state index contributed by atoms with van der Waals surface area (Å²) in [4.78, 5) is 15.3. The molecule has 1 amide bonds. The number of hydrogen-bond donors (Lipinski definition) is 2. The predicted molar refractivity (Wildman–Crippen MR) is 130 cm³/mol. The van der Waals surface area contributed by atoms with Crippen LogP contribution in [0.4, 0.5) is 5.69 Å². The fourth-order valence-corrected chi connectivity index (χ4v) is 5.76. The van der Waals surface area contributed by atoms with Crippen molar-refractivity contribution < 1.29 is 13.2 Å². The first-order valence-corrected chi connectivity index (χ1v) is 12.9. The number of benzene rings is 2. The summed E-state index contributed by atoms with van der Waals surface area (Å²) >= 11 is 0. The van der Waals surface area contributed by atoms with Crippen molar-refractivity contribution in [3.63, 3.8) is 0 Å². The van der Waals surface area contributed by atoms with Crippen LogP contribution in [0.1, 0.15) is 54.6 Å². The van der Waals surface area contributed by atoms with Crippen molar-refractivity contribution in [3.8, 4) is 0 Å². The third-order valence-electron chi connectivity index (χ3n) is 6.37. The van der Waals surface area contributed by atoms with E-state index in [1.54, 1.807) is 31.2 Å². The molecule has 0 radical (unpaired) electrons. The molecule has 0 bridgehead atoms. The van der Waals surface area contributed by atoms with Crippen molar-refractivity contribution in [2.45, 2.75) is 57.9 Å². The lowest BCUT2D eigenvalue weighted by Gasteiger charge is -2.34. The van der Waals surface area contributed by atoms with E-state index in [-0.39, 0.29) is 16.8 Å². The molecule has 7 heteroatoms. The van der Waals surface area contributed by atoms with Crippen LogP contribution < -0.4 is 10.0 Å². The maximum absolute atomic E-state index is 13.0. The topological polar surface area (TPSA) is 78.5 Å². The molecule has 1 heterocycles. The molecule has 1 saturated heterocycles. The Morgan fingerprint density at radius 3 is 2.41 bits per heavy atom. The van der Waals surface area contributed by atoms with E-state index >= 15 is 0 Å². The number of nitrogens with one attached hydrogen (secondary N) is 2. The van der Waals surface area contributed by atoms with Crippen LogP contribution >= 0.6 is 0 Å². The first kappa shape index (κ1) is 24.4. The molecule has 3 rings (SSSR count). The highest BCUT2D eigenvalue weighted by Gasteiger charge is 2.27. The number of nitrogens with zero attached hydrogens (tertiary/aromatic N) is 1. The number of anilines is 1. The second kappa shape index (κ2) is 10.6. The summed E-state index contributed by atoms with van der Waals surface area (Å²) in [5, 5.41) is 2.89. The molecule has 174 valence electrons.